The Balaban J connectivity index is 2.02. The zero-order chi connectivity index (χ0) is 12.8. The Kier molecular flexibility index (Phi) is 4.44. The molecule has 5 heteroatoms. The van der Waals surface area contributed by atoms with Crippen LogP contribution in [-0.2, 0) is 5.75 Å². The van der Waals surface area contributed by atoms with E-state index in [9.17, 15) is 0 Å². The lowest BCUT2D eigenvalue weighted by Crippen LogP contribution is -2.10. The molecule has 1 heterocycles. The summed E-state index contributed by atoms with van der Waals surface area (Å²) < 4.78 is 5.12. The van der Waals surface area contributed by atoms with Crippen LogP contribution in [0, 0.1) is 0 Å². The van der Waals surface area contributed by atoms with Crippen molar-refractivity contribution in [2.75, 3.05) is 12.5 Å². The van der Waals surface area contributed by atoms with Crippen LogP contribution in [0.3, 0.4) is 0 Å². The summed E-state index contributed by atoms with van der Waals surface area (Å²) in [5.74, 6) is 7.82. The molecule has 0 unspecified atom stereocenters. The number of nitrogens with one attached hydrogen (secondary N) is 1. The number of thioether (sulfide) groups is 1. The Labute approximate surface area is 111 Å². The van der Waals surface area contributed by atoms with Crippen LogP contribution in [0.1, 0.15) is 5.56 Å². The normalized spacial score (nSPS) is 10.1. The van der Waals surface area contributed by atoms with Crippen molar-refractivity contribution < 1.29 is 4.74 Å². The van der Waals surface area contributed by atoms with Crippen LogP contribution in [0.25, 0.3) is 0 Å². The molecule has 0 spiro atoms. The molecule has 0 saturated heterocycles. The number of hydrazine groups is 1. The lowest BCUT2D eigenvalue weighted by molar-refractivity contribution is 0.414. The lowest BCUT2D eigenvalue weighted by atomic mass is 10.3. The molecule has 0 aliphatic heterocycles. The molecule has 2 rings (SSSR count). The van der Waals surface area contributed by atoms with Gasteiger partial charge in [-0.25, -0.2) is 10.8 Å². The van der Waals surface area contributed by atoms with E-state index in [1.54, 1.807) is 25.1 Å². The molecule has 18 heavy (non-hydrogen) atoms. The smallest absolute Gasteiger partial charge is 0.143 e. The first-order valence-corrected chi connectivity index (χ1v) is 6.49. The average molecular weight is 261 g/mol. The fraction of sp³-hybridized carbons (Fsp3) is 0.154. The summed E-state index contributed by atoms with van der Waals surface area (Å²) in [7, 11) is 1.66. The number of methoxy groups -OCH3 is 1. The Morgan fingerprint density at radius 3 is 2.72 bits per heavy atom. The number of hydrogen-bond donors (Lipinski definition) is 2. The maximum atomic E-state index is 5.42. The van der Waals surface area contributed by atoms with Crippen molar-refractivity contribution in [1.29, 1.82) is 0 Å². The largest absolute Gasteiger partial charge is 0.497 e. The van der Waals surface area contributed by atoms with Gasteiger partial charge in [-0.1, -0.05) is 6.07 Å². The quantitative estimate of drug-likeness (QED) is 0.492. The van der Waals surface area contributed by atoms with Gasteiger partial charge in [-0.05, 0) is 30.3 Å². The number of anilines is 1. The predicted octanol–water partition coefficient (Wildman–Crippen LogP) is 2.67. The van der Waals surface area contributed by atoms with Crippen LogP contribution < -0.4 is 16.0 Å². The topological polar surface area (TPSA) is 60.2 Å². The molecule has 0 aliphatic carbocycles. The minimum Gasteiger partial charge on any atom is -0.497 e. The van der Waals surface area contributed by atoms with Gasteiger partial charge in [0, 0.05) is 22.4 Å². The number of nitrogen functional groups attached to an aromatic ring is 1. The first kappa shape index (κ1) is 12.7. The molecule has 0 fully saturated rings. The highest BCUT2D eigenvalue weighted by atomic mass is 32.2. The lowest BCUT2D eigenvalue weighted by Gasteiger charge is -2.07. The van der Waals surface area contributed by atoms with E-state index in [4.69, 9.17) is 10.6 Å². The molecule has 2 aromatic rings. The molecule has 0 saturated carbocycles. The van der Waals surface area contributed by atoms with Gasteiger partial charge in [-0.15, -0.1) is 11.8 Å². The minimum atomic E-state index is 0.721. The highest BCUT2D eigenvalue weighted by Crippen LogP contribution is 2.26. The van der Waals surface area contributed by atoms with Gasteiger partial charge in [0.15, 0.2) is 0 Å². The molecule has 4 nitrogen and oxygen atoms in total. The van der Waals surface area contributed by atoms with E-state index in [0.29, 0.717) is 0 Å². The van der Waals surface area contributed by atoms with Gasteiger partial charge >= 0.3 is 0 Å². The second-order valence-corrected chi connectivity index (χ2v) is 4.67. The summed E-state index contributed by atoms with van der Waals surface area (Å²) in [6.07, 6.45) is 1.72. The van der Waals surface area contributed by atoms with E-state index >= 15 is 0 Å². The van der Waals surface area contributed by atoms with Crippen molar-refractivity contribution >= 4 is 17.6 Å². The number of ether oxygens (including phenoxy) is 1. The van der Waals surface area contributed by atoms with Crippen LogP contribution in [0.4, 0.5) is 5.82 Å². The molecule has 0 atom stereocenters. The van der Waals surface area contributed by atoms with Gasteiger partial charge in [-0.3, -0.25) is 0 Å². The molecule has 3 N–H and O–H groups in total. The third kappa shape index (κ3) is 3.15. The highest BCUT2D eigenvalue weighted by molar-refractivity contribution is 7.98. The van der Waals surface area contributed by atoms with Gasteiger partial charge in [0.05, 0.1) is 7.11 Å². The average Bonchev–Trinajstić information content (AvgIpc) is 2.46. The van der Waals surface area contributed by atoms with Crippen LogP contribution in [0.2, 0.25) is 0 Å². The molecule has 0 amide bonds. The van der Waals surface area contributed by atoms with Crippen molar-refractivity contribution in [2.24, 2.45) is 5.84 Å². The molecule has 1 aromatic heterocycles. The molecule has 94 valence electrons. The van der Waals surface area contributed by atoms with Crippen molar-refractivity contribution in [1.82, 2.24) is 4.98 Å². The maximum Gasteiger partial charge on any atom is 0.143 e. The number of aromatic nitrogens is 1. The van der Waals surface area contributed by atoms with E-state index in [1.165, 1.54) is 4.90 Å². The van der Waals surface area contributed by atoms with Crippen LogP contribution in [0.5, 0.6) is 5.75 Å². The Morgan fingerprint density at radius 1 is 1.28 bits per heavy atom. The molecule has 0 bridgehead atoms. The van der Waals surface area contributed by atoms with Crippen molar-refractivity contribution in [3.63, 3.8) is 0 Å². The first-order valence-electron chi connectivity index (χ1n) is 5.51. The number of benzene rings is 1. The summed E-state index contributed by atoms with van der Waals surface area (Å²) in [5.41, 5.74) is 3.69. The fourth-order valence-corrected chi connectivity index (χ4v) is 2.40. The van der Waals surface area contributed by atoms with Gasteiger partial charge in [0.1, 0.15) is 11.6 Å². The minimum absolute atomic E-state index is 0.721. The standard InChI is InChI=1S/C13H15N3OS/c1-17-11-4-6-12(7-5-11)18-9-10-3-2-8-15-13(10)16-14/h2-8H,9,14H2,1H3,(H,15,16). The van der Waals surface area contributed by atoms with Gasteiger partial charge in [0.2, 0.25) is 0 Å². The first-order chi connectivity index (χ1) is 8.83. The van der Waals surface area contributed by atoms with Crippen LogP contribution in [-0.4, -0.2) is 12.1 Å². The molecule has 0 radical (unpaired) electrons. The third-order valence-corrected chi connectivity index (χ3v) is 3.54. The molecular formula is C13H15N3OS. The maximum absolute atomic E-state index is 5.42. The molecule has 1 aromatic carbocycles. The number of pyridine rings is 1. The molecule has 0 aliphatic rings. The van der Waals surface area contributed by atoms with Crippen LogP contribution >= 0.6 is 11.8 Å². The number of rotatable bonds is 5. The predicted molar refractivity (Wildman–Crippen MR) is 74.6 cm³/mol. The van der Waals surface area contributed by atoms with E-state index in [-0.39, 0.29) is 0 Å². The SMILES string of the molecule is COc1ccc(SCc2cccnc2NN)cc1. The van der Waals surface area contributed by atoms with E-state index in [2.05, 4.69) is 10.4 Å². The van der Waals surface area contributed by atoms with E-state index < -0.39 is 0 Å². The highest BCUT2D eigenvalue weighted by Gasteiger charge is 2.02. The van der Waals surface area contributed by atoms with E-state index in [1.807, 2.05) is 36.4 Å². The van der Waals surface area contributed by atoms with Crippen molar-refractivity contribution in [2.45, 2.75) is 10.6 Å². The third-order valence-electron chi connectivity index (χ3n) is 2.48. The number of nitrogens with two attached hydrogens (primary N) is 1. The summed E-state index contributed by atoms with van der Waals surface area (Å²) in [6, 6.07) is 11.9. The Bertz CT molecular complexity index is 502. The second kappa shape index (κ2) is 6.28. The fourth-order valence-electron chi connectivity index (χ4n) is 1.52. The second-order valence-electron chi connectivity index (χ2n) is 3.62. The zero-order valence-corrected chi connectivity index (χ0v) is 10.9. The Morgan fingerprint density at radius 2 is 2.06 bits per heavy atom. The summed E-state index contributed by atoms with van der Waals surface area (Å²) in [5, 5.41) is 0. The van der Waals surface area contributed by atoms with Crippen molar-refractivity contribution in [3.8, 4) is 5.75 Å². The zero-order valence-electron chi connectivity index (χ0n) is 10.1. The van der Waals surface area contributed by atoms with Gasteiger partial charge < -0.3 is 10.2 Å². The van der Waals surface area contributed by atoms with Gasteiger partial charge in [-0.2, -0.15) is 0 Å². The monoisotopic (exact) mass is 261 g/mol. The van der Waals surface area contributed by atoms with E-state index in [0.717, 1.165) is 22.9 Å². The summed E-state index contributed by atoms with van der Waals surface area (Å²) >= 11 is 1.73. The molecular weight excluding hydrogens is 246 g/mol. The van der Waals surface area contributed by atoms with Gasteiger partial charge in [0.25, 0.3) is 0 Å². The number of hydrogen-bond acceptors (Lipinski definition) is 5. The summed E-state index contributed by atoms with van der Waals surface area (Å²) in [6.45, 7) is 0. The van der Waals surface area contributed by atoms with Crippen LogP contribution in [0.15, 0.2) is 47.5 Å². The number of nitrogens with zero attached hydrogens (tertiary/aromatic N) is 1. The Hall–Kier alpha value is -1.72. The summed E-state index contributed by atoms with van der Waals surface area (Å²) in [4.78, 5) is 5.35. The van der Waals surface area contributed by atoms with Crippen molar-refractivity contribution in [3.05, 3.63) is 48.2 Å².